The van der Waals surface area contributed by atoms with Crippen molar-refractivity contribution in [3.8, 4) is 5.75 Å². The van der Waals surface area contributed by atoms with E-state index in [2.05, 4.69) is 38.3 Å². The molecule has 0 radical (unpaired) electrons. The number of guanidine groups is 1. The smallest absolute Gasteiger partial charge is 0.193 e. The molecule has 4 rings (SSSR count). The van der Waals surface area contributed by atoms with Crippen molar-refractivity contribution in [3.63, 3.8) is 0 Å². The van der Waals surface area contributed by atoms with Crippen LogP contribution in [0.15, 0.2) is 29.3 Å². The fourth-order valence-corrected chi connectivity index (χ4v) is 4.87. The zero-order chi connectivity index (χ0) is 20.8. The van der Waals surface area contributed by atoms with Gasteiger partial charge in [-0.05, 0) is 56.5 Å². The van der Waals surface area contributed by atoms with Crippen LogP contribution in [0.1, 0.15) is 37.3 Å². The number of ether oxygens (including phenoxy) is 3. The zero-order valence-electron chi connectivity index (χ0n) is 18.4. The van der Waals surface area contributed by atoms with E-state index in [-0.39, 0.29) is 12.2 Å². The molecule has 3 aliphatic rings. The van der Waals surface area contributed by atoms with Crippen LogP contribution in [0, 0.1) is 0 Å². The highest BCUT2D eigenvalue weighted by atomic mass is 16.5. The van der Waals surface area contributed by atoms with Gasteiger partial charge < -0.3 is 24.4 Å². The normalized spacial score (nSPS) is 26.7. The van der Waals surface area contributed by atoms with Crippen molar-refractivity contribution in [2.75, 3.05) is 60.1 Å². The monoisotopic (exact) mass is 416 g/mol. The summed E-state index contributed by atoms with van der Waals surface area (Å²) in [5, 5.41) is 3.66. The Labute approximate surface area is 180 Å². The summed E-state index contributed by atoms with van der Waals surface area (Å²) in [6.07, 6.45) is 5.11. The molecule has 0 aliphatic carbocycles. The van der Waals surface area contributed by atoms with E-state index < -0.39 is 0 Å². The van der Waals surface area contributed by atoms with Gasteiger partial charge in [-0.15, -0.1) is 0 Å². The molecule has 0 amide bonds. The Morgan fingerprint density at radius 2 is 2.00 bits per heavy atom. The molecule has 3 heterocycles. The van der Waals surface area contributed by atoms with Crippen LogP contribution in [0.4, 0.5) is 0 Å². The number of methoxy groups -OCH3 is 1. The standard InChI is InChI=1S/C23H36N4O3/c1-24-23(27-12-14-30-22(17-27)21-9-6-13-29-21)25-16-20(26-10-3-4-11-26)18-7-5-8-19(15-18)28-2/h5,7-8,15,20-22H,3-4,6,9-14,16-17H2,1-2H3,(H,24,25). The first-order chi connectivity index (χ1) is 14.8. The molecule has 3 fully saturated rings. The lowest BCUT2D eigenvalue weighted by atomic mass is 10.0. The van der Waals surface area contributed by atoms with Crippen molar-refractivity contribution in [2.24, 2.45) is 4.99 Å². The molecule has 0 spiro atoms. The predicted molar refractivity (Wildman–Crippen MR) is 118 cm³/mol. The first-order valence-electron chi connectivity index (χ1n) is 11.4. The van der Waals surface area contributed by atoms with E-state index in [1.165, 1.54) is 18.4 Å². The van der Waals surface area contributed by atoms with E-state index in [0.29, 0.717) is 6.04 Å². The molecule has 0 bridgehead atoms. The van der Waals surface area contributed by atoms with Gasteiger partial charge in [-0.3, -0.25) is 9.89 Å². The average molecular weight is 417 g/mol. The maximum absolute atomic E-state index is 6.02. The lowest BCUT2D eigenvalue weighted by Gasteiger charge is -2.38. The van der Waals surface area contributed by atoms with Crippen LogP contribution in [-0.2, 0) is 9.47 Å². The quantitative estimate of drug-likeness (QED) is 0.567. The van der Waals surface area contributed by atoms with Gasteiger partial charge in [-0.25, -0.2) is 0 Å². The van der Waals surface area contributed by atoms with E-state index in [1.54, 1.807) is 7.11 Å². The second-order valence-electron chi connectivity index (χ2n) is 8.37. The summed E-state index contributed by atoms with van der Waals surface area (Å²) < 4.78 is 17.4. The van der Waals surface area contributed by atoms with Crippen molar-refractivity contribution >= 4 is 5.96 Å². The van der Waals surface area contributed by atoms with Crippen LogP contribution in [0.2, 0.25) is 0 Å². The van der Waals surface area contributed by atoms with Crippen molar-refractivity contribution in [1.82, 2.24) is 15.1 Å². The van der Waals surface area contributed by atoms with Gasteiger partial charge >= 0.3 is 0 Å². The molecule has 166 valence electrons. The topological polar surface area (TPSA) is 58.6 Å². The molecule has 3 unspecified atom stereocenters. The Bertz CT molecular complexity index is 701. The van der Waals surface area contributed by atoms with Crippen LogP contribution in [0.5, 0.6) is 5.75 Å². The Balaban J connectivity index is 1.42. The Kier molecular flexibility index (Phi) is 7.47. The minimum Gasteiger partial charge on any atom is -0.497 e. The Hall–Kier alpha value is -1.83. The molecule has 30 heavy (non-hydrogen) atoms. The summed E-state index contributed by atoms with van der Waals surface area (Å²) in [6.45, 7) is 6.37. The average Bonchev–Trinajstić information content (AvgIpc) is 3.52. The van der Waals surface area contributed by atoms with Gasteiger partial charge in [0.05, 0.1) is 25.9 Å². The minimum atomic E-state index is 0.132. The third-order valence-electron chi connectivity index (χ3n) is 6.50. The number of rotatable bonds is 6. The highest BCUT2D eigenvalue weighted by Crippen LogP contribution is 2.27. The van der Waals surface area contributed by atoms with E-state index >= 15 is 0 Å². The first kappa shape index (κ1) is 21.4. The number of aliphatic imine (C=N–C) groups is 1. The maximum atomic E-state index is 6.02. The molecule has 3 saturated heterocycles. The highest BCUT2D eigenvalue weighted by molar-refractivity contribution is 5.80. The van der Waals surface area contributed by atoms with Crippen molar-refractivity contribution in [2.45, 2.75) is 43.9 Å². The van der Waals surface area contributed by atoms with Crippen LogP contribution >= 0.6 is 0 Å². The van der Waals surface area contributed by atoms with Gasteiger partial charge in [-0.1, -0.05) is 12.1 Å². The van der Waals surface area contributed by atoms with Crippen molar-refractivity contribution in [3.05, 3.63) is 29.8 Å². The zero-order valence-corrected chi connectivity index (χ0v) is 18.4. The summed E-state index contributed by atoms with van der Waals surface area (Å²) in [4.78, 5) is 9.49. The van der Waals surface area contributed by atoms with Crippen LogP contribution < -0.4 is 10.1 Å². The van der Waals surface area contributed by atoms with Crippen molar-refractivity contribution in [1.29, 1.82) is 0 Å². The molecular weight excluding hydrogens is 380 g/mol. The molecule has 1 N–H and O–H groups in total. The van der Waals surface area contributed by atoms with Crippen LogP contribution in [0.25, 0.3) is 0 Å². The van der Waals surface area contributed by atoms with Gasteiger partial charge in [0, 0.05) is 33.3 Å². The maximum Gasteiger partial charge on any atom is 0.193 e. The fraction of sp³-hybridized carbons (Fsp3) is 0.696. The summed E-state index contributed by atoms with van der Waals surface area (Å²) in [7, 11) is 3.60. The van der Waals surface area contributed by atoms with Crippen molar-refractivity contribution < 1.29 is 14.2 Å². The molecular formula is C23H36N4O3. The summed E-state index contributed by atoms with van der Waals surface area (Å²) in [6, 6.07) is 8.76. The first-order valence-corrected chi connectivity index (χ1v) is 11.4. The molecule has 3 atom stereocenters. The van der Waals surface area contributed by atoms with Gasteiger partial charge in [0.1, 0.15) is 11.9 Å². The summed E-state index contributed by atoms with van der Waals surface area (Å²) in [5.41, 5.74) is 1.29. The third-order valence-corrected chi connectivity index (χ3v) is 6.50. The molecule has 7 heteroatoms. The molecule has 1 aromatic carbocycles. The summed E-state index contributed by atoms with van der Waals surface area (Å²) in [5.74, 6) is 1.86. The van der Waals surface area contributed by atoms with E-state index in [0.717, 1.165) is 70.5 Å². The lowest BCUT2D eigenvalue weighted by Crippen LogP contribution is -2.54. The fourth-order valence-electron chi connectivity index (χ4n) is 4.87. The number of morpholine rings is 1. The van der Waals surface area contributed by atoms with Crippen LogP contribution in [-0.4, -0.2) is 88.1 Å². The van der Waals surface area contributed by atoms with Gasteiger partial charge in [-0.2, -0.15) is 0 Å². The van der Waals surface area contributed by atoms with Gasteiger partial charge in [0.25, 0.3) is 0 Å². The van der Waals surface area contributed by atoms with Gasteiger partial charge in [0.15, 0.2) is 5.96 Å². The molecule has 0 aromatic heterocycles. The van der Waals surface area contributed by atoms with Crippen LogP contribution in [0.3, 0.4) is 0 Å². The SMILES string of the molecule is CN=C(NCC(c1cccc(OC)c1)N1CCCC1)N1CCOC(C2CCCO2)C1. The number of nitrogens with zero attached hydrogens (tertiary/aromatic N) is 3. The number of likely N-dealkylation sites (tertiary alicyclic amines) is 1. The summed E-state index contributed by atoms with van der Waals surface area (Å²) >= 11 is 0. The minimum absolute atomic E-state index is 0.132. The largest absolute Gasteiger partial charge is 0.497 e. The Morgan fingerprint density at radius 1 is 1.17 bits per heavy atom. The number of nitrogens with one attached hydrogen (secondary N) is 1. The highest BCUT2D eigenvalue weighted by Gasteiger charge is 2.32. The number of benzene rings is 1. The van der Waals surface area contributed by atoms with Gasteiger partial charge in [0.2, 0.25) is 0 Å². The second kappa shape index (κ2) is 10.5. The van der Waals surface area contributed by atoms with E-state index in [4.69, 9.17) is 14.2 Å². The molecule has 0 saturated carbocycles. The van der Waals surface area contributed by atoms with E-state index in [9.17, 15) is 0 Å². The second-order valence-corrected chi connectivity index (χ2v) is 8.37. The molecule has 1 aromatic rings. The number of hydrogen-bond acceptors (Lipinski definition) is 5. The molecule has 7 nitrogen and oxygen atoms in total. The number of hydrogen-bond donors (Lipinski definition) is 1. The third kappa shape index (κ3) is 5.07. The Morgan fingerprint density at radius 3 is 2.73 bits per heavy atom. The lowest BCUT2D eigenvalue weighted by molar-refractivity contribution is -0.0817. The molecule has 3 aliphatic heterocycles. The van der Waals surface area contributed by atoms with E-state index in [1.807, 2.05) is 13.1 Å². The predicted octanol–water partition coefficient (Wildman–Crippen LogP) is 2.29.